The third kappa shape index (κ3) is 6.29. The maximum atomic E-state index is 12.1. The zero-order valence-corrected chi connectivity index (χ0v) is 15.2. The smallest absolute Gasteiger partial charge is 0.410 e. The Morgan fingerprint density at radius 3 is 2.32 bits per heavy atom. The van der Waals surface area contributed by atoms with Gasteiger partial charge in [0.1, 0.15) is 5.60 Å². The fourth-order valence-corrected chi connectivity index (χ4v) is 2.91. The van der Waals surface area contributed by atoms with E-state index >= 15 is 0 Å². The molecular formula is C19H28N2O4. The molecule has 25 heavy (non-hydrogen) atoms. The summed E-state index contributed by atoms with van der Waals surface area (Å²) in [5, 5.41) is 11.8. The van der Waals surface area contributed by atoms with E-state index in [0.717, 1.165) is 18.5 Å². The Labute approximate surface area is 149 Å². The minimum absolute atomic E-state index is 0.102. The quantitative estimate of drug-likeness (QED) is 0.848. The number of rotatable bonds is 5. The number of hydrogen-bond acceptors (Lipinski definition) is 4. The molecule has 1 aromatic carbocycles. The molecule has 1 aliphatic heterocycles. The van der Waals surface area contributed by atoms with Crippen LogP contribution >= 0.6 is 0 Å². The van der Waals surface area contributed by atoms with Crippen molar-refractivity contribution in [1.82, 2.24) is 4.90 Å². The van der Waals surface area contributed by atoms with Crippen molar-refractivity contribution in [3.8, 4) is 0 Å². The number of carboxylic acids is 1. The molecule has 2 rings (SSSR count). The lowest BCUT2D eigenvalue weighted by atomic mass is 9.89. The van der Waals surface area contributed by atoms with E-state index in [1.807, 2.05) is 32.9 Å². The van der Waals surface area contributed by atoms with Crippen LogP contribution in [0, 0.1) is 0 Å². The van der Waals surface area contributed by atoms with Crippen molar-refractivity contribution >= 4 is 17.7 Å². The third-order valence-electron chi connectivity index (χ3n) is 4.20. The number of ether oxygens (including phenoxy) is 1. The van der Waals surface area contributed by atoms with Crippen LogP contribution in [0.5, 0.6) is 0 Å². The molecule has 0 unspecified atom stereocenters. The van der Waals surface area contributed by atoms with Gasteiger partial charge in [0.05, 0.1) is 6.42 Å². The first-order valence-electron chi connectivity index (χ1n) is 8.78. The molecule has 6 nitrogen and oxygen atoms in total. The average molecular weight is 348 g/mol. The third-order valence-corrected chi connectivity index (χ3v) is 4.20. The van der Waals surface area contributed by atoms with Crippen molar-refractivity contribution in [3.05, 3.63) is 29.8 Å². The Hall–Kier alpha value is -2.24. The molecular weight excluding hydrogens is 320 g/mol. The molecule has 0 aromatic heterocycles. The van der Waals surface area contributed by atoms with Crippen molar-refractivity contribution in [2.24, 2.45) is 0 Å². The lowest BCUT2D eigenvalue weighted by Gasteiger charge is -2.33. The van der Waals surface area contributed by atoms with E-state index in [0.29, 0.717) is 25.6 Å². The molecule has 1 fully saturated rings. The molecule has 1 aromatic rings. The minimum atomic E-state index is -0.805. The highest BCUT2D eigenvalue weighted by atomic mass is 16.6. The van der Waals surface area contributed by atoms with Crippen LogP contribution in [0.3, 0.4) is 0 Å². The number of carbonyl (C=O) groups is 2. The van der Waals surface area contributed by atoms with Crippen LogP contribution in [-0.4, -0.2) is 47.3 Å². The van der Waals surface area contributed by atoms with Gasteiger partial charge in [-0.05, 0) is 57.2 Å². The fourth-order valence-electron chi connectivity index (χ4n) is 2.91. The molecule has 1 amide bonds. The van der Waals surface area contributed by atoms with E-state index < -0.39 is 11.6 Å². The Morgan fingerprint density at radius 2 is 1.80 bits per heavy atom. The van der Waals surface area contributed by atoms with Gasteiger partial charge in [-0.2, -0.15) is 0 Å². The second kappa shape index (κ2) is 8.23. The number of likely N-dealkylation sites (tertiary alicyclic amines) is 1. The zero-order chi connectivity index (χ0) is 18.4. The van der Waals surface area contributed by atoms with E-state index in [1.165, 1.54) is 5.56 Å². The number of carboxylic acid groups (broad SMARTS) is 1. The molecule has 2 N–H and O–H groups in total. The molecule has 138 valence electrons. The van der Waals surface area contributed by atoms with Gasteiger partial charge in [-0.25, -0.2) is 4.79 Å². The molecule has 1 saturated heterocycles. The lowest BCUT2D eigenvalue weighted by molar-refractivity contribution is -0.136. The van der Waals surface area contributed by atoms with Crippen molar-refractivity contribution in [1.29, 1.82) is 0 Å². The molecule has 1 heterocycles. The van der Waals surface area contributed by atoms with Gasteiger partial charge in [0, 0.05) is 25.3 Å². The molecule has 6 heteroatoms. The maximum Gasteiger partial charge on any atom is 0.410 e. The van der Waals surface area contributed by atoms with Crippen LogP contribution in [0.1, 0.15) is 51.5 Å². The molecule has 0 radical (unpaired) electrons. The molecule has 0 saturated carbocycles. The van der Waals surface area contributed by atoms with Gasteiger partial charge in [-0.1, -0.05) is 12.1 Å². The van der Waals surface area contributed by atoms with Gasteiger partial charge in [0.25, 0.3) is 0 Å². The summed E-state index contributed by atoms with van der Waals surface area (Å²) in [5.74, 6) is -0.368. The highest BCUT2D eigenvalue weighted by Gasteiger charge is 2.27. The SMILES string of the molecule is CC(C)(C)OC(=O)N1CCC(c2ccc(NCCC(=O)O)cc2)CC1. The van der Waals surface area contributed by atoms with Crippen LogP contribution < -0.4 is 5.32 Å². The number of hydrogen-bond donors (Lipinski definition) is 2. The fraction of sp³-hybridized carbons (Fsp3) is 0.579. The summed E-state index contributed by atoms with van der Waals surface area (Å²) in [6, 6.07) is 8.13. The van der Waals surface area contributed by atoms with E-state index in [-0.39, 0.29) is 12.5 Å². The Balaban J connectivity index is 1.82. The van der Waals surface area contributed by atoms with Crippen LogP contribution in [0.15, 0.2) is 24.3 Å². The normalized spacial score (nSPS) is 15.7. The van der Waals surface area contributed by atoms with Gasteiger partial charge in [-0.15, -0.1) is 0 Å². The first kappa shape index (κ1) is 19.1. The van der Waals surface area contributed by atoms with E-state index in [9.17, 15) is 9.59 Å². The van der Waals surface area contributed by atoms with Crippen molar-refractivity contribution in [3.63, 3.8) is 0 Å². The van der Waals surface area contributed by atoms with Crippen LogP contribution in [0.2, 0.25) is 0 Å². The first-order chi connectivity index (χ1) is 11.7. The number of nitrogens with zero attached hydrogens (tertiary/aromatic N) is 1. The summed E-state index contributed by atoms with van der Waals surface area (Å²) < 4.78 is 5.43. The van der Waals surface area contributed by atoms with Crippen LogP contribution in [0.4, 0.5) is 10.5 Å². The van der Waals surface area contributed by atoms with E-state index in [2.05, 4.69) is 17.4 Å². The summed E-state index contributed by atoms with van der Waals surface area (Å²) in [6.07, 6.45) is 1.71. The van der Waals surface area contributed by atoms with Gasteiger partial charge >= 0.3 is 12.1 Å². The van der Waals surface area contributed by atoms with Gasteiger partial charge in [0.15, 0.2) is 0 Å². The number of amides is 1. The van der Waals surface area contributed by atoms with E-state index in [1.54, 1.807) is 4.90 Å². The Kier molecular flexibility index (Phi) is 6.28. The highest BCUT2D eigenvalue weighted by molar-refractivity contribution is 5.68. The second-order valence-corrected chi connectivity index (χ2v) is 7.43. The van der Waals surface area contributed by atoms with Crippen molar-refractivity contribution in [2.45, 2.75) is 51.6 Å². The van der Waals surface area contributed by atoms with Gasteiger partial charge in [0.2, 0.25) is 0 Å². The summed E-state index contributed by atoms with van der Waals surface area (Å²) in [7, 11) is 0. The summed E-state index contributed by atoms with van der Waals surface area (Å²) in [4.78, 5) is 24.4. The number of anilines is 1. The monoisotopic (exact) mass is 348 g/mol. The predicted molar refractivity (Wildman–Crippen MR) is 97.0 cm³/mol. The summed E-state index contributed by atoms with van der Waals surface area (Å²) in [6.45, 7) is 7.47. The molecule has 0 aliphatic carbocycles. The number of carbonyl (C=O) groups excluding carboxylic acids is 1. The Morgan fingerprint density at radius 1 is 1.20 bits per heavy atom. The van der Waals surface area contributed by atoms with Crippen molar-refractivity contribution in [2.75, 3.05) is 25.0 Å². The zero-order valence-electron chi connectivity index (χ0n) is 15.2. The van der Waals surface area contributed by atoms with Crippen LogP contribution in [-0.2, 0) is 9.53 Å². The molecule has 0 spiro atoms. The topological polar surface area (TPSA) is 78.9 Å². The van der Waals surface area contributed by atoms with E-state index in [4.69, 9.17) is 9.84 Å². The minimum Gasteiger partial charge on any atom is -0.481 e. The maximum absolute atomic E-state index is 12.1. The molecule has 0 bridgehead atoms. The predicted octanol–water partition coefficient (Wildman–Crippen LogP) is 3.69. The number of piperidine rings is 1. The summed E-state index contributed by atoms with van der Waals surface area (Å²) >= 11 is 0. The van der Waals surface area contributed by atoms with Crippen molar-refractivity contribution < 1.29 is 19.4 Å². The Bertz CT molecular complexity index is 584. The molecule has 0 atom stereocenters. The second-order valence-electron chi connectivity index (χ2n) is 7.43. The standard InChI is InChI=1S/C19H28N2O4/c1-19(2,3)25-18(24)21-12-9-15(10-13-21)14-4-6-16(7-5-14)20-11-8-17(22)23/h4-7,15,20H,8-13H2,1-3H3,(H,22,23). The number of benzene rings is 1. The molecule has 1 aliphatic rings. The van der Waals surface area contributed by atoms with Gasteiger partial charge in [-0.3, -0.25) is 4.79 Å². The largest absolute Gasteiger partial charge is 0.481 e. The first-order valence-corrected chi connectivity index (χ1v) is 8.78. The average Bonchev–Trinajstić information content (AvgIpc) is 2.54. The summed E-state index contributed by atoms with van der Waals surface area (Å²) in [5.41, 5.74) is 1.72. The highest BCUT2D eigenvalue weighted by Crippen LogP contribution is 2.29. The van der Waals surface area contributed by atoms with Gasteiger partial charge < -0.3 is 20.1 Å². The number of aliphatic carboxylic acids is 1. The van der Waals surface area contributed by atoms with Crippen LogP contribution in [0.25, 0.3) is 0 Å². The number of nitrogens with one attached hydrogen (secondary N) is 1. The lowest BCUT2D eigenvalue weighted by Crippen LogP contribution is -2.41.